The van der Waals surface area contributed by atoms with Crippen molar-refractivity contribution in [3.8, 4) is 0 Å². The average Bonchev–Trinajstić information content (AvgIpc) is 2.22. The van der Waals surface area contributed by atoms with Crippen LogP contribution < -0.4 is 5.32 Å². The topological polar surface area (TPSA) is 51.2 Å². The third kappa shape index (κ3) is 7.00. The molecule has 18 heavy (non-hydrogen) atoms. The lowest BCUT2D eigenvalue weighted by Gasteiger charge is -2.19. The highest BCUT2D eigenvalue weighted by Crippen LogP contribution is 2.20. The fraction of sp³-hybridized carbons (Fsp3) is 0.500. The Morgan fingerprint density at radius 3 is 2.44 bits per heavy atom. The van der Waals surface area contributed by atoms with Crippen LogP contribution in [0.2, 0.25) is 5.15 Å². The van der Waals surface area contributed by atoms with Crippen LogP contribution in [0.1, 0.15) is 34.6 Å². The van der Waals surface area contributed by atoms with Gasteiger partial charge in [0.15, 0.2) is 0 Å². The zero-order valence-corrected chi connectivity index (χ0v) is 14.1. The minimum absolute atomic E-state index is 0.388. The van der Waals surface area contributed by atoms with Crippen molar-refractivity contribution in [3.05, 3.63) is 21.0 Å². The summed E-state index contributed by atoms with van der Waals surface area (Å²) in [4.78, 5) is 15.3. The molecule has 0 spiro atoms. The molecule has 6 heteroatoms. The van der Waals surface area contributed by atoms with Gasteiger partial charge in [0, 0.05) is 3.57 Å². The van der Waals surface area contributed by atoms with Crippen LogP contribution in [-0.4, -0.2) is 16.7 Å². The lowest BCUT2D eigenvalue weighted by atomic mass is 10.2. The maximum atomic E-state index is 11.5. The van der Waals surface area contributed by atoms with E-state index in [0.717, 1.165) is 3.57 Å². The van der Waals surface area contributed by atoms with E-state index in [9.17, 15) is 4.79 Å². The third-order valence-electron chi connectivity index (χ3n) is 1.46. The Morgan fingerprint density at radius 2 is 2.00 bits per heavy atom. The SMILES string of the molecule is CC.CC(C)(C)OC(=O)Nc1cnc(Cl)cc1I. The van der Waals surface area contributed by atoms with Crippen molar-refractivity contribution in [2.45, 2.75) is 40.2 Å². The van der Waals surface area contributed by atoms with Crippen molar-refractivity contribution in [2.24, 2.45) is 0 Å². The molecule has 0 fully saturated rings. The molecule has 0 atom stereocenters. The van der Waals surface area contributed by atoms with Gasteiger partial charge in [-0.15, -0.1) is 0 Å². The minimum Gasteiger partial charge on any atom is -0.444 e. The minimum atomic E-state index is -0.518. The van der Waals surface area contributed by atoms with Gasteiger partial charge in [-0.2, -0.15) is 0 Å². The number of carbonyl (C=O) groups is 1. The van der Waals surface area contributed by atoms with Gasteiger partial charge < -0.3 is 4.74 Å². The van der Waals surface area contributed by atoms with Gasteiger partial charge in [-0.25, -0.2) is 9.78 Å². The molecule has 0 aromatic carbocycles. The van der Waals surface area contributed by atoms with Crippen LogP contribution in [0.15, 0.2) is 12.3 Å². The standard InChI is InChI=1S/C10H12ClIN2O2.C2H6/c1-10(2,3)16-9(15)14-7-5-13-8(11)4-6(7)12;1-2/h4-5H,1-3H3,(H,14,15);1-2H3. The summed E-state index contributed by atoms with van der Waals surface area (Å²) in [6.07, 6.45) is 0.989. The van der Waals surface area contributed by atoms with Gasteiger partial charge >= 0.3 is 6.09 Å². The lowest BCUT2D eigenvalue weighted by molar-refractivity contribution is 0.0636. The van der Waals surface area contributed by atoms with Crippen molar-refractivity contribution in [3.63, 3.8) is 0 Å². The molecular weight excluding hydrogens is 367 g/mol. The zero-order valence-electron chi connectivity index (χ0n) is 11.2. The number of halogens is 2. The Morgan fingerprint density at radius 1 is 1.44 bits per heavy atom. The van der Waals surface area contributed by atoms with Gasteiger partial charge in [-0.1, -0.05) is 25.4 Å². The van der Waals surface area contributed by atoms with E-state index in [4.69, 9.17) is 16.3 Å². The van der Waals surface area contributed by atoms with Crippen molar-refractivity contribution in [2.75, 3.05) is 5.32 Å². The van der Waals surface area contributed by atoms with E-state index in [1.807, 2.05) is 13.8 Å². The first kappa shape index (κ1) is 17.4. The van der Waals surface area contributed by atoms with Crippen LogP contribution in [-0.2, 0) is 4.74 Å². The first-order chi connectivity index (χ1) is 8.28. The quantitative estimate of drug-likeness (QED) is 0.563. The van der Waals surface area contributed by atoms with E-state index in [1.165, 1.54) is 6.20 Å². The second-order valence-corrected chi connectivity index (χ2v) is 5.66. The second kappa shape index (κ2) is 7.78. The molecule has 102 valence electrons. The molecule has 0 aliphatic heterocycles. The van der Waals surface area contributed by atoms with E-state index in [1.54, 1.807) is 26.8 Å². The highest BCUT2D eigenvalue weighted by molar-refractivity contribution is 14.1. The number of hydrogen-bond acceptors (Lipinski definition) is 3. The van der Waals surface area contributed by atoms with Gasteiger partial charge in [-0.05, 0) is 49.4 Å². The third-order valence-corrected chi connectivity index (χ3v) is 2.55. The van der Waals surface area contributed by atoms with E-state index in [2.05, 4.69) is 32.9 Å². The highest BCUT2D eigenvalue weighted by Gasteiger charge is 2.17. The summed E-state index contributed by atoms with van der Waals surface area (Å²) in [6.45, 7) is 9.41. The molecular formula is C12H18ClIN2O2. The number of amides is 1. The molecule has 0 saturated carbocycles. The number of aromatic nitrogens is 1. The number of carbonyl (C=O) groups excluding carboxylic acids is 1. The lowest BCUT2D eigenvalue weighted by Crippen LogP contribution is -2.27. The number of pyridine rings is 1. The molecule has 1 N–H and O–H groups in total. The van der Waals surface area contributed by atoms with E-state index < -0.39 is 11.7 Å². The van der Waals surface area contributed by atoms with Gasteiger partial charge in [0.25, 0.3) is 0 Å². The van der Waals surface area contributed by atoms with Crippen molar-refractivity contribution in [1.29, 1.82) is 0 Å². The maximum absolute atomic E-state index is 11.5. The number of anilines is 1. The van der Waals surface area contributed by atoms with Crippen molar-refractivity contribution < 1.29 is 9.53 Å². The summed E-state index contributed by atoms with van der Waals surface area (Å²) in [5.74, 6) is 0. The Labute approximate surface area is 127 Å². The number of nitrogens with zero attached hydrogens (tertiary/aromatic N) is 1. The molecule has 1 aromatic heterocycles. The van der Waals surface area contributed by atoms with E-state index in [-0.39, 0.29) is 0 Å². The van der Waals surface area contributed by atoms with E-state index in [0.29, 0.717) is 10.8 Å². The Kier molecular flexibility index (Phi) is 7.54. The first-order valence-electron chi connectivity index (χ1n) is 5.59. The number of hydrogen-bond donors (Lipinski definition) is 1. The largest absolute Gasteiger partial charge is 0.444 e. The Bertz CT molecular complexity index is 406. The normalized spacial score (nSPS) is 10.2. The van der Waals surface area contributed by atoms with Gasteiger partial charge in [-0.3, -0.25) is 5.32 Å². The molecule has 0 saturated heterocycles. The summed E-state index contributed by atoms with van der Waals surface area (Å²) in [5, 5.41) is 2.99. The molecule has 1 rings (SSSR count). The molecule has 0 radical (unpaired) electrons. The molecule has 0 bridgehead atoms. The summed E-state index contributed by atoms with van der Waals surface area (Å²) in [6, 6.07) is 1.66. The van der Waals surface area contributed by atoms with Crippen LogP contribution in [0.4, 0.5) is 10.5 Å². The number of nitrogens with one attached hydrogen (secondary N) is 1. The van der Waals surface area contributed by atoms with Crippen LogP contribution in [0.3, 0.4) is 0 Å². The maximum Gasteiger partial charge on any atom is 0.412 e. The van der Waals surface area contributed by atoms with Crippen molar-refractivity contribution in [1.82, 2.24) is 4.98 Å². The first-order valence-corrected chi connectivity index (χ1v) is 7.04. The summed E-state index contributed by atoms with van der Waals surface area (Å²) in [5.41, 5.74) is 0.0642. The smallest absolute Gasteiger partial charge is 0.412 e. The van der Waals surface area contributed by atoms with Gasteiger partial charge in [0.2, 0.25) is 0 Å². The van der Waals surface area contributed by atoms with Crippen LogP contribution >= 0.6 is 34.2 Å². The molecule has 0 aliphatic carbocycles. The second-order valence-electron chi connectivity index (χ2n) is 4.11. The Balaban J connectivity index is 0.00000137. The fourth-order valence-corrected chi connectivity index (χ4v) is 1.82. The number of rotatable bonds is 1. The molecule has 1 amide bonds. The average molecular weight is 385 g/mol. The number of ether oxygens (including phenoxy) is 1. The summed E-state index contributed by atoms with van der Waals surface area (Å²) >= 11 is 7.76. The molecule has 0 aliphatic rings. The fourth-order valence-electron chi connectivity index (χ4n) is 0.913. The monoisotopic (exact) mass is 384 g/mol. The van der Waals surface area contributed by atoms with Crippen LogP contribution in [0.25, 0.3) is 0 Å². The molecule has 0 unspecified atom stereocenters. The van der Waals surface area contributed by atoms with Gasteiger partial charge in [0.05, 0.1) is 11.9 Å². The van der Waals surface area contributed by atoms with Crippen LogP contribution in [0.5, 0.6) is 0 Å². The van der Waals surface area contributed by atoms with Crippen molar-refractivity contribution >= 4 is 46.0 Å². The van der Waals surface area contributed by atoms with Crippen LogP contribution in [0, 0.1) is 3.57 Å². The zero-order chi connectivity index (χ0) is 14.3. The predicted octanol–water partition coefficient (Wildman–Crippen LogP) is 4.71. The van der Waals surface area contributed by atoms with E-state index >= 15 is 0 Å². The predicted molar refractivity (Wildman–Crippen MR) is 83.2 cm³/mol. The summed E-state index contributed by atoms with van der Waals surface area (Å²) in [7, 11) is 0. The molecule has 1 aromatic rings. The highest BCUT2D eigenvalue weighted by atomic mass is 127. The summed E-state index contributed by atoms with van der Waals surface area (Å²) < 4.78 is 5.92. The molecule has 4 nitrogen and oxygen atoms in total. The Hall–Kier alpha value is -0.560. The molecule has 1 heterocycles. The van der Waals surface area contributed by atoms with Gasteiger partial charge in [0.1, 0.15) is 10.8 Å².